The number of hydrogen-bond donors (Lipinski definition) is 0. The second-order valence-corrected chi connectivity index (χ2v) is 6.35. The van der Waals surface area contributed by atoms with E-state index in [0.29, 0.717) is 22.3 Å². The molecule has 0 saturated heterocycles. The normalized spacial score (nSPS) is 11.0. The Morgan fingerprint density at radius 3 is 2.73 bits per heavy atom. The van der Waals surface area contributed by atoms with E-state index in [0.717, 1.165) is 4.57 Å². The molecule has 10 heteroatoms. The Morgan fingerprint density at radius 2 is 1.97 bits per heavy atom. The second kappa shape index (κ2) is 8.11. The molecule has 1 aromatic carbocycles. The maximum Gasteiger partial charge on any atom is 0.332 e. The summed E-state index contributed by atoms with van der Waals surface area (Å²) in [5.41, 5.74) is 0.0655. The van der Waals surface area contributed by atoms with Gasteiger partial charge >= 0.3 is 11.7 Å². The third kappa shape index (κ3) is 3.62. The molecule has 0 fully saturated rings. The van der Waals surface area contributed by atoms with Crippen LogP contribution in [0.4, 0.5) is 0 Å². The smallest absolute Gasteiger partial charge is 0.332 e. The van der Waals surface area contributed by atoms with E-state index in [1.807, 2.05) is 0 Å². The molecule has 0 aliphatic carbocycles. The van der Waals surface area contributed by atoms with Crippen molar-refractivity contribution in [3.05, 3.63) is 75.5 Å². The Hall–Kier alpha value is -4.08. The zero-order valence-electron chi connectivity index (χ0n) is 16.0. The Bertz CT molecular complexity index is 1320. The fraction of sp³-hybridized carbons (Fsp3) is 0.200. The van der Waals surface area contributed by atoms with E-state index in [9.17, 15) is 14.4 Å². The van der Waals surface area contributed by atoms with Gasteiger partial charge in [0.1, 0.15) is 6.54 Å². The number of esters is 1. The summed E-state index contributed by atoms with van der Waals surface area (Å²) in [6, 6.07) is 10.1. The van der Waals surface area contributed by atoms with Crippen molar-refractivity contribution >= 4 is 16.9 Å². The van der Waals surface area contributed by atoms with E-state index in [1.165, 1.54) is 4.57 Å². The lowest BCUT2D eigenvalue weighted by Crippen LogP contribution is -2.40. The van der Waals surface area contributed by atoms with Gasteiger partial charge < -0.3 is 9.26 Å². The van der Waals surface area contributed by atoms with Crippen molar-refractivity contribution in [1.29, 1.82) is 0 Å². The highest BCUT2D eigenvalue weighted by atomic mass is 16.6. The molecule has 4 aromatic rings. The van der Waals surface area contributed by atoms with E-state index >= 15 is 0 Å². The van der Waals surface area contributed by atoms with Crippen LogP contribution in [0.25, 0.3) is 22.3 Å². The highest BCUT2D eigenvalue weighted by Crippen LogP contribution is 2.14. The second-order valence-electron chi connectivity index (χ2n) is 6.35. The van der Waals surface area contributed by atoms with Crippen molar-refractivity contribution in [1.82, 2.24) is 24.3 Å². The molecule has 10 nitrogen and oxygen atoms in total. The number of ether oxygens (including phenoxy) is 1. The van der Waals surface area contributed by atoms with Gasteiger partial charge in [0.2, 0.25) is 5.82 Å². The van der Waals surface area contributed by atoms with Gasteiger partial charge in [0, 0.05) is 24.5 Å². The molecule has 0 spiro atoms. The molecule has 0 radical (unpaired) electrons. The average Bonchev–Trinajstić information content (AvgIpc) is 3.25. The summed E-state index contributed by atoms with van der Waals surface area (Å²) in [7, 11) is 0. The summed E-state index contributed by atoms with van der Waals surface area (Å²) in [6.07, 6.45) is 3.21. The van der Waals surface area contributed by atoms with E-state index in [1.54, 1.807) is 55.7 Å². The van der Waals surface area contributed by atoms with Crippen LogP contribution in [0.1, 0.15) is 12.8 Å². The fourth-order valence-corrected chi connectivity index (χ4v) is 3.05. The van der Waals surface area contributed by atoms with Crippen molar-refractivity contribution in [2.24, 2.45) is 0 Å². The lowest BCUT2D eigenvalue weighted by atomic mass is 10.2. The minimum atomic E-state index is -0.676. The first-order valence-electron chi connectivity index (χ1n) is 9.19. The van der Waals surface area contributed by atoms with Gasteiger partial charge in [-0.15, -0.1) is 0 Å². The van der Waals surface area contributed by atoms with Crippen molar-refractivity contribution < 1.29 is 14.1 Å². The number of para-hydroxylation sites is 1. The first kappa shape index (κ1) is 19.2. The third-order valence-electron chi connectivity index (χ3n) is 4.48. The Labute approximate surface area is 169 Å². The molecule has 0 atom stereocenters. The first-order valence-corrected chi connectivity index (χ1v) is 9.19. The van der Waals surface area contributed by atoms with Crippen LogP contribution in [0, 0.1) is 0 Å². The zero-order valence-corrected chi connectivity index (χ0v) is 16.0. The van der Waals surface area contributed by atoms with Crippen LogP contribution in [0.2, 0.25) is 0 Å². The van der Waals surface area contributed by atoms with E-state index < -0.39 is 17.2 Å². The number of carbonyl (C=O) groups excluding carboxylic acids is 1. The van der Waals surface area contributed by atoms with Gasteiger partial charge in [-0.25, -0.2) is 4.79 Å². The third-order valence-corrected chi connectivity index (χ3v) is 4.48. The largest absolute Gasteiger partial charge is 0.454 e. The van der Waals surface area contributed by atoms with Gasteiger partial charge in [0.15, 0.2) is 6.61 Å². The first-order chi connectivity index (χ1) is 14.6. The van der Waals surface area contributed by atoms with Gasteiger partial charge in [-0.1, -0.05) is 17.3 Å². The molecule has 0 unspecified atom stereocenters. The molecule has 0 aliphatic heterocycles. The summed E-state index contributed by atoms with van der Waals surface area (Å²) in [6.45, 7) is 1.28. The molecule has 0 bridgehead atoms. The molecule has 0 saturated carbocycles. The van der Waals surface area contributed by atoms with Crippen LogP contribution in [-0.4, -0.2) is 30.2 Å². The van der Waals surface area contributed by atoms with Gasteiger partial charge in [-0.2, -0.15) is 4.98 Å². The van der Waals surface area contributed by atoms with Crippen LogP contribution in [0.15, 0.2) is 62.9 Å². The van der Waals surface area contributed by atoms with Crippen LogP contribution in [0.3, 0.4) is 0 Å². The predicted octanol–water partition coefficient (Wildman–Crippen LogP) is 1.37. The molecule has 3 heterocycles. The summed E-state index contributed by atoms with van der Waals surface area (Å²) in [5.74, 6) is -0.242. The standard InChI is InChI=1S/C20H17N5O5/c1-2-24-19(27)14-7-3-4-8-15(14)25(20(24)28)11-17(26)29-12-16-22-18(23-30-16)13-6-5-9-21-10-13/h3-10H,2,11-12H2,1H3. The summed E-state index contributed by atoms with van der Waals surface area (Å²) >= 11 is 0. The van der Waals surface area contributed by atoms with Gasteiger partial charge in [0.05, 0.1) is 10.9 Å². The summed E-state index contributed by atoms with van der Waals surface area (Å²) in [5, 5.41) is 4.18. The number of hydrogen-bond acceptors (Lipinski definition) is 8. The zero-order chi connectivity index (χ0) is 21.1. The lowest BCUT2D eigenvalue weighted by Gasteiger charge is -2.12. The van der Waals surface area contributed by atoms with Crippen molar-refractivity contribution in [2.45, 2.75) is 26.6 Å². The molecule has 0 aliphatic rings. The molecule has 30 heavy (non-hydrogen) atoms. The lowest BCUT2D eigenvalue weighted by molar-refractivity contribution is -0.146. The molecular weight excluding hydrogens is 390 g/mol. The van der Waals surface area contributed by atoms with Crippen molar-refractivity contribution in [2.75, 3.05) is 0 Å². The minimum absolute atomic E-state index is 0.109. The van der Waals surface area contributed by atoms with Crippen molar-refractivity contribution in [3.8, 4) is 11.4 Å². The monoisotopic (exact) mass is 407 g/mol. The Kier molecular flexibility index (Phi) is 5.21. The van der Waals surface area contributed by atoms with E-state index in [2.05, 4.69) is 15.1 Å². The number of fused-ring (bicyclic) bond motifs is 1. The van der Waals surface area contributed by atoms with Gasteiger partial charge in [-0.05, 0) is 31.2 Å². The maximum atomic E-state index is 12.7. The minimum Gasteiger partial charge on any atom is -0.454 e. The molecule has 0 N–H and O–H groups in total. The highest BCUT2D eigenvalue weighted by Gasteiger charge is 2.16. The van der Waals surface area contributed by atoms with Crippen LogP contribution < -0.4 is 11.2 Å². The number of benzene rings is 1. The number of pyridine rings is 1. The number of rotatable bonds is 6. The molecule has 0 amide bonds. The van der Waals surface area contributed by atoms with Crippen LogP contribution in [-0.2, 0) is 29.2 Å². The Morgan fingerprint density at radius 1 is 1.13 bits per heavy atom. The quantitative estimate of drug-likeness (QED) is 0.439. The van der Waals surface area contributed by atoms with Gasteiger partial charge in [0.25, 0.3) is 11.4 Å². The van der Waals surface area contributed by atoms with Crippen molar-refractivity contribution in [3.63, 3.8) is 0 Å². The topological polar surface area (TPSA) is 122 Å². The van der Waals surface area contributed by atoms with Gasteiger partial charge in [-0.3, -0.25) is 23.7 Å². The Balaban J connectivity index is 1.53. The summed E-state index contributed by atoms with van der Waals surface area (Å²) in [4.78, 5) is 45.6. The predicted molar refractivity (Wildman–Crippen MR) is 105 cm³/mol. The van der Waals surface area contributed by atoms with Crippen LogP contribution in [0.5, 0.6) is 0 Å². The fourth-order valence-electron chi connectivity index (χ4n) is 3.05. The molecule has 4 rings (SSSR count). The number of nitrogens with zero attached hydrogens (tertiary/aromatic N) is 5. The molecular formula is C20H17N5O5. The van der Waals surface area contributed by atoms with E-state index in [-0.39, 0.29) is 25.6 Å². The SMILES string of the molecule is CCn1c(=O)c2ccccc2n(CC(=O)OCc2nc(-c3cccnc3)no2)c1=O. The number of aromatic nitrogens is 5. The molecule has 3 aromatic heterocycles. The van der Waals surface area contributed by atoms with E-state index in [4.69, 9.17) is 9.26 Å². The average molecular weight is 407 g/mol. The summed E-state index contributed by atoms with van der Waals surface area (Å²) < 4.78 is 12.6. The van der Waals surface area contributed by atoms with Crippen LogP contribution >= 0.6 is 0 Å². The maximum absolute atomic E-state index is 12.7. The number of carbonyl (C=O) groups is 1. The highest BCUT2D eigenvalue weighted by molar-refractivity contribution is 5.80. The molecule has 152 valence electrons.